The summed E-state index contributed by atoms with van der Waals surface area (Å²) in [5.41, 5.74) is 0.463. The summed E-state index contributed by atoms with van der Waals surface area (Å²) in [6.07, 6.45) is 7.94. The van der Waals surface area contributed by atoms with E-state index in [-0.39, 0.29) is 5.75 Å². The number of sulfone groups is 1. The van der Waals surface area contributed by atoms with Crippen LogP contribution in [0.2, 0.25) is 0 Å². The molecule has 0 unspecified atom stereocenters. The highest BCUT2D eigenvalue weighted by Crippen LogP contribution is 2.43. The molecule has 144 valence electrons. The lowest BCUT2D eigenvalue weighted by atomic mass is 9.73. The summed E-state index contributed by atoms with van der Waals surface area (Å²) in [5.74, 6) is 0.920. The quantitative estimate of drug-likeness (QED) is 0.633. The van der Waals surface area contributed by atoms with E-state index >= 15 is 0 Å². The van der Waals surface area contributed by atoms with Gasteiger partial charge in [0.05, 0.1) is 17.2 Å². The van der Waals surface area contributed by atoms with Crippen LogP contribution in [0.15, 0.2) is 40.2 Å². The first-order valence-electron chi connectivity index (χ1n) is 9.86. The Hall–Kier alpha value is -1.56. The summed E-state index contributed by atoms with van der Waals surface area (Å²) in [5, 5.41) is 3.35. The van der Waals surface area contributed by atoms with E-state index in [2.05, 4.69) is 22.1 Å². The molecule has 2 aliphatic rings. The average molecular weight is 378 g/mol. The van der Waals surface area contributed by atoms with Crippen LogP contribution in [0.5, 0.6) is 0 Å². The van der Waals surface area contributed by atoms with Crippen LogP contribution >= 0.6 is 0 Å². The Labute approximate surface area is 157 Å². The smallest absolute Gasteiger partial charge is 0.193 e. The molecule has 1 heterocycles. The fourth-order valence-corrected chi connectivity index (χ4v) is 5.41. The van der Waals surface area contributed by atoms with Crippen molar-refractivity contribution in [1.29, 1.82) is 0 Å². The molecule has 1 aromatic rings. The molecule has 1 N–H and O–H groups in total. The van der Waals surface area contributed by atoms with Crippen molar-refractivity contribution in [2.24, 2.45) is 10.4 Å². The van der Waals surface area contributed by atoms with E-state index in [0.29, 0.717) is 16.9 Å². The average Bonchev–Trinajstić information content (AvgIpc) is 3.05. The molecule has 0 amide bonds. The van der Waals surface area contributed by atoms with Gasteiger partial charge in [0, 0.05) is 19.6 Å². The maximum atomic E-state index is 12.4. The lowest BCUT2D eigenvalue weighted by Crippen LogP contribution is -2.42. The number of guanidine groups is 1. The molecule has 26 heavy (non-hydrogen) atoms. The van der Waals surface area contributed by atoms with E-state index in [1.807, 2.05) is 6.07 Å². The van der Waals surface area contributed by atoms with Gasteiger partial charge in [-0.3, -0.25) is 4.99 Å². The van der Waals surface area contributed by atoms with Gasteiger partial charge >= 0.3 is 0 Å². The van der Waals surface area contributed by atoms with E-state index in [1.54, 1.807) is 24.3 Å². The van der Waals surface area contributed by atoms with E-state index in [9.17, 15) is 8.42 Å². The molecule has 1 aromatic carbocycles. The molecular formula is C20H31N3O2S. The van der Waals surface area contributed by atoms with Crippen molar-refractivity contribution in [1.82, 2.24) is 10.2 Å². The Morgan fingerprint density at radius 2 is 1.88 bits per heavy atom. The Kier molecular flexibility index (Phi) is 6.22. The number of aliphatic imine (C=N–C) groups is 1. The van der Waals surface area contributed by atoms with Crippen molar-refractivity contribution in [2.45, 2.75) is 50.3 Å². The summed E-state index contributed by atoms with van der Waals surface area (Å²) in [4.78, 5) is 7.35. The monoisotopic (exact) mass is 377 g/mol. The first-order valence-corrected chi connectivity index (χ1v) is 11.5. The lowest BCUT2D eigenvalue weighted by molar-refractivity contribution is 0.203. The zero-order valence-corrected chi connectivity index (χ0v) is 16.6. The van der Waals surface area contributed by atoms with Crippen molar-refractivity contribution < 1.29 is 8.42 Å². The third kappa shape index (κ3) is 4.58. The van der Waals surface area contributed by atoms with Gasteiger partial charge in [-0.2, -0.15) is 0 Å². The van der Waals surface area contributed by atoms with Crippen molar-refractivity contribution >= 4 is 15.8 Å². The first kappa shape index (κ1) is 19.2. The maximum Gasteiger partial charge on any atom is 0.193 e. The number of hydrogen-bond donors (Lipinski definition) is 1. The molecule has 1 saturated carbocycles. The largest absolute Gasteiger partial charge is 0.357 e. The fourth-order valence-electron chi connectivity index (χ4n) is 4.27. The minimum Gasteiger partial charge on any atom is -0.357 e. The van der Waals surface area contributed by atoms with Crippen LogP contribution in [-0.2, 0) is 9.84 Å². The molecule has 0 radical (unpaired) electrons. The number of nitrogens with one attached hydrogen (secondary N) is 1. The molecule has 2 fully saturated rings. The topological polar surface area (TPSA) is 61.8 Å². The van der Waals surface area contributed by atoms with Crippen LogP contribution in [0.1, 0.15) is 45.4 Å². The summed E-state index contributed by atoms with van der Waals surface area (Å²) in [6, 6.07) is 8.65. The Morgan fingerprint density at radius 3 is 2.58 bits per heavy atom. The number of hydrogen-bond acceptors (Lipinski definition) is 3. The van der Waals surface area contributed by atoms with Gasteiger partial charge in [0.25, 0.3) is 0 Å². The van der Waals surface area contributed by atoms with Crippen molar-refractivity contribution in [3.05, 3.63) is 30.3 Å². The van der Waals surface area contributed by atoms with E-state index in [0.717, 1.165) is 25.6 Å². The SMILES string of the molecule is CCNC(=NCCS(=O)(=O)c1ccccc1)N1CCC2(CCCCC2)C1. The molecule has 0 aromatic heterocycles. The predicted octanol–water partition coefficient (Wildman–Crippen LogP) is 3.08. The van der Waals surface area contributed by atoms with E-state index in [4.69, 9.17) is 0 Å². The second-order valence-corrected chi connectivity index (χ2v) is 9.71. The van der Waals surface area contributed by atoms with Gasteiger partial charge < -0.3 is 10.2 Å². The zero-order valence-electron chi connectivity index (χ0n) is 15.8. The molecule has 1 aliphatic heterocycles. The summed E-state index contributed by atoms with van der Waals surface area (Å²) < 4.78 is 24.9. The van der Waals surface area contributed by atoms with Gasteiger partial charge in [0.2, 0.25) is 0 Å². The van der Waals surface area contributed by atoms with Crippen LogP contribution < -0.4 is 5.32 Å². The van der Waals surface area contributed by atoms with Crippen LogP contribution in [0.3, 0.4) is 0 Å². The van der Waals surface area contributed by atoms with Crippen LogP contribution in [-0.4, -0.2) is 51.2 Å². The molecule has 1 aliphatic carbocycles. The number of benzene rings is 1. The Bertz CT molecular complexity index is 710. The number of nitrogens with zero attached hydrogens (tertiary/aromatic N) is 2. The number of rotatable bonds is 5. The van der Waals surface area contributed by atoms with Crippen molar-refractivity contribution in [3.8, 4) is 0 Å². The number of likely N-dealkylation sites (tertiary alicyclic amines) is 1. The Morgan fingerprint density at radius 1 is 1.15 bits per heavy atom. The summed E-state index contributed by atoms with van der Waals surface area (Å²) >= 11 is 0. The van der Waals surface area contributed by atoms with Crippen LogP contribution in [0, 0.1) is 5.41 Å². The van der Waals surface area contributed by atoms with Gasteiger partial charge in [-0.25, -0.2) is 8.42 Å². The second-order valence-electron chi connectivity index (χ2n) is 7.60. The normalized spacial score (nSPS) is 20.5. The molecule has 0 atom stereocenters. The molecule has 1 saturated heterocycles. The molecule has 6 heteroatoms. The summed E-state index contributed by atoms with van der Waals surface area (Å²) in [7, 11) is -3.27. The standard InChI is InChI=1S/C20H31N3O2S/c1-2-21-19(23-15-13-20(17-23)11-7-4-8-12-20)22-14-16-26(24,25)18-9-5-3-6-10-18/h3,5-6,9-10H,2,4,7-8,11-17H2,1H3,(H,21,22). The first-order chi connectivity index (χ1) is 12.5. The summed E-state index contributed by atoms with van der Waals surface area (Å²) in [6.45, 7) is 5.24. The molecule has 1 spiro atoms. The highest BCUT2D eigenvalue weighted by Gasteiger charge is 2.39. The molecule has 0 bridgehead atoms. The van der Waals surface area contributed by atoms with Crippen LogP contribution in [0.25, 0.3) is 0 Å². The fraction of sp³-hybridized carbons (Fsp3) is 0.650. The Balaban J connectivity index is 1.63. The third-order valence-corrected chi connectivity index (χ3v) is 7.42. The minimum absolute atomic E-state index is 0.0465. The van der Waals surface area contributed by atoms with E-state index in [1.165, 1.54) is 38.5 Å². The van der Waals surface area contributed by atoms with Gasteiger partial charge in [-0.1, -0.05) is 37.5 Å². The van der Waals surface area contributed by atoms with Crippen molar-refractivity contribution in [2.75, 3.05) is 31.9 Å². The van der Waals surface area contributed by atoms with E-state index < -0.39 is 9.84 Å². The van der Waals surface area contributed by atoms with Gasteiger partial charge in [0.1, 0.15) is 0 Å². The molecule has 3 rings (SSSR count). The predicted molar refractivity (Wildman–Crippen MR) is 106 cm³/mol. The highest BCUT2D eigenvalue weighted by atomic mass is 32.2. The molecule has 5 nitrogen and oxygen atoms in total. The zero-order chi connectivity index (χ0) is 18.5. The van der Waals surface area contributed by atoms with Gasteiger partial charge in [-0.15, -0.1) is 0 Å². The lowest BCUT2D eigenvalue weighted by Gasteiger charge is -2.33. The maximum absolute atomic E-state index is 12.4. The van der Waals surface area contributed by atoms with Crippen molar-refractivity contribution in [3.63, 3.8) is 0 Å². The third-order valence-electron chi connectivity index (χ3n) is 5.71. The van der Waals surface area contributed by atoms with Gasteiger partial charge in [-0.05, 0) is 43.7 Å². The van der Waals surface area contributed by atoms with Gasteiger partial charge in [0.15, 0.2) is 15.8 Å². The highest BCUT2D eigenvalue weighted by molar-refractivity contribution is 7.91. The minimum atomic E-state index is -3.27. The molecular weight excluding hydrogens is 346 g/mol. The second kappa shape index (κ2) is 8.42. The van der Waals surface area contributed by atoms with Crippen LogP contribution in [0.4, 0.5) is 0 Å².